The topological polar surface area (TPSA) is 46.2 Å². The van der Waals surface area contributed by atoms with Crippen molar-refractivity contribution in [3.8, 4) is 0 Å². The highest BCUT2D eigenvalue weighted by atomic mass is 35.5. The summed E-state index contributed by atoms with van der Waals surface area (Å²) in [4.78, 5) is 0. The van der Waals surface area contributed by atoms with E-state index in [1.165, 1.54) is 0 Å². The Morgan fingerprint density at radius 2 is 2.00 bits per heavy atom. The molecule has 0 unspecified atom stereocenters. The molecule has 1 aromatic rings. The SMILES string of the molecule is CC(C)CCS(=O)(=O)CCNc1cccc(Cl)c1. The van der Waals surface area contributed by atoms with Gasteiger partial charge in [-0.25, -0.2) is 8.42 Å². The molecule has 1 aromatic carbocycles. The molecule has 0 aliphatic carbocycles. The highest BCUT2D eigenvalue weighted by molar-refractivity contribution is 7.91. The first-order valence-electron chi connectivity index (χ1n) is 6.09. The van der Waals surface area contributed by atoms with Crippen LogP contribution in [0.25, 0.3) is 0 Å². The first-order chi connectivity index (χ1) is 8.39. The Balaban J connectivity index is 2.37. The van der Waals surface area contributed by atoms with Crippen LogP contribution in [-0.4, -0.2) is 26.5 Å². The average molecular weight is 290 g/mol. The van der Waals surface area contributed by atoms with E-state index in [4.69, 9.17) is 11.6 Å². The van der Waals surface area contributed by atoms with Gasteiger partial charge in [-0.2, -0.15) is 0 Å². The molecule has 0 amide bonds. The number of anilines is 1. The number of rotatable bonds is 7. The highest BCUT2D eigenvalue weighted by Crippen LogP contribution is 2.14. The van der Waals surface area contributed by atoms with E-state index in [0.717, 1.165) is 12.1 Å². The number of nitrogens with one attached hydrogen (secondary N) is 1. The van der Waals surface area contributed by atoms with Crippen molar-refractivity contribution in [1.82, 2.24) is 0 Å². The zero-order chi connectivity index (χ0) is 13.6. The van der Waals surface area contributed by atoms with Gasteiger partial charge < -0.3 is 5.32 Å². The van der Waals surface area contributed by atoms with E-state index in [2.05, 4.69) is 5.32 Å². The van der Waals surface area contributed by atoms with Crippen LogP contribution in [0, 0.1) is 5.92 Å². The van der Waals surface area contributed by atoms with E-state index in [0.29, 0.717) is 17.5 Å². The van der Waals surface area contributed by atoms with Gasteiger partial charge >= 0.3 is 0 Å². The smallest absolute Gasteiger partial charge is 0.152 e. The third-order valence-corrected chi connectivity index (χ3v) is 4.49. The van der Waals surface area contributed by atoms with Crippen LogP contribution in [0.4, 0.5) is 5.69 Å². The van der Waals surface area contributed by atoms with Crippen molar-refractivity contribution in [1.29, 1.82) is 0 Å². The monoisotopic (exact) mass is 289 g/mol. The summed E-state index contributed by atoms with van der Waals surface area (Å²) >= 11 is 5.84. The summed E-state index contributed by atoms with van der Waals surface area (Å²) in [5.74, 6) is 0.842. The highest BCUT2D eigenvalue weighted by Gasteiger charge is 2.11. The van der Waals surface area contributed by atoms with E-state index in [1.807, 2.05) is 26.0 Å². The lowest BCUT2D eigenvalue weighted by atomic mass is 10.2. The molecular weight excluding hydrogens is 270 g/mol. The van der Waals surface area contributed by atoms with Crippen LogP contribution in [0.2, 0.25) is 5.02 Å². The Labute approximate surface area is 114 Å². The van der Waals surface area contributed by atoms with Crippen LogP contribution < -0.4 is 5.32 Å². The Bertz CT molecular complexity index is 472. The average Bonchev–Trinajstić information content (AvgIpc) is 2.26. The van der Waals surface area contributed by atoms with Gasteiger partial charge in [-0.3, -0.25) is 0 Å². The van der Waals surface area contributed by atoms with Crippen LogP contribution in [0.3, 0.4) is 0 Å². The molecule has 0 fully saturated rings. The molecule has 3 nitrogen and oxygen atoms in total. The molecule has 0 radical (unpaired) electrons. The largest absolute Gasteiger partial charge is 0.384 e. The number of hydrogen-bond acceptors (Lipinski definition) is 3. The maximum Gasteiger partial charge on any atom is 0.152 e. The van der Waals surface area contributed by atoms with Crippen molar-refractivity contribution in [3.63, 3.8) is 0 Å². The standard InChI is InChI=1S/C13H20ClNO2S/c1-11(2)6-8-18(16,17)9-7-15-13-5-3-4-12(14)10-13/h3-5,10-11,15H,6-9H2,1-2H3. The van der Waals surface area contributed by atoms with Gasteiger partial charge in [0.15, 0.2) is 9.84 Å². The van der Waals surface area contributed by atoms with Crippen LogP contribution in [-0.2, 0) is 9.84 Å². The van der Waals surface area contributed by atoms with Gasteiger partial charge in [0.25, 0.3) is 0 Å². The molecule has 0 atom stereocenters. The molecule has 18 heavy (non-hydrogen) atoms. The van der Waals surface area contributed by atoms with Crippen molar-refractivity contribution in [2.75, 3.05) is 23.4 Å². The van der Waals surface area contributed by atoms with Gasteiger partial charge in [0, 0.05) is 17.3 Å². The Morgan fingerprint density at radius 3 is 2.61 bits per heavy atom. The fourth-order valence-electron chi connectivity index (χ4n) is 1.47. The third-order valence-electron chi connectivity index (χ3n) is 2.57. The molecule has 0 aliphatic rings. The van der Waals surface area contributed by atoms with Crippen molar-refractivity contribution in [2.24, 2.45) is 5.92 Å². The third kappa shape index (κ3) is 6.26. The lowest BCUT2D eigenvalue weighted by Gasteiger charge is -2.08. The number of halogens is 1. The minimum Gasteiger partial charge on any atom is -0.384 e. The van der Waals surface area contributed by atoms with Crippen molar-refractivity contribution in [3.05, 3.63) is 29.3 Å². The van der Waals surface area contributed by atoms with Gasteiger partial charge in [0.1, 0.15) is 0 Å². The van der Waals surface area contributed by atoms with Gasteiger partial charge in [-0.1, -0.05) is 31.5 Å². The lowest BCUT2D eigenvalue weighted by molar-refractivity contribution is 0.574. The quantitative estimate of drug-likeness (QED) is 0.838. The van der Waals surface area contributed by atoms with Crippen LogP contribution in [0.5, 0.6) is 0 Å². The summed E-state index contributed by atoms with van der Waals surface area (Å²) in [5.41, 5.74) is 0.849. The maximum atomic E-state index is 11.7. The Hall–Kier alpha value is -0.740. The second-order valence-electron chi connectivity index (χ2n) is 4.77. The molecule has 0 aromatic heterocycles. The normalized spacial score (nSPS) is 11.8. The maximum absolute atomic E-state index is 11.7. The lowest BCUT2D eigenvalue weighted by Crippen LogP contribution is -2.19. The molecule has 1 rings (SSSR count). The number of benzene rings is 1. The second kappa shape index (κ2) is 7.00. The first-order valence-corrected chi connectivity index (χ1v) is 8.29. The van der Waals surface area contributed by atoms with E-state index in [-0.39, 0.29) is 11.5 Å². The van der Waals surface area contributed by atoms with E-state index >= 15 is 0 Å². The number of hydrogen-bond donors (Lipinski definition) is 1. The first kappa shape index (κ1) is 15.3. The van der Waals surface area contributed by atoms with E-state index in [9.17, 15) is 8.42 Å². The summed E-state index contributed by atoms with van der Waals surface area (Å²) in [6, 6.07) is 7.26. The second-order valence-corrected chi connectivity index (χ2v) is 7.51. The van der Waals surface area contributed by atoms with Crippen LogP contribution in [0.15, 0.2) is 24.3 Å². The predicted molar refractivity (Wildman–Crippen MR) is 78.1 cm³/mol. The number of sulfone groups is 1. The summed E-state index contributed by atoms with van der Waals surface area (Å²) in [6.07, 6.45) is 0.722. The molecule has 0 saturated carbocycles. The van der Waals surface area contributed by atoms with Crippen LogP contribution in [0.1, 0.15) is 20.3 Å². The van der Waals surface area contributed by atoms with Gasteiger partial charge in [-0.05, 0) is 30.5 Å². The summed E-state index contributed by atoms with van der Waals surface area (Å²) < 4.78 is 23.5. The summed E-state index contributed by atoms with van der Waals surface area (Å²) in [5, 5.41) is 3.71. The van der Waals surface area contributed by atoms with E-state index < -0.39 is 9.84 Å². The molecule has 102 valence electrons. The fourth-order valence-corrected chi connectivity index (χ4v) is 3.10. The van der Waals surface area contributed by atoms with Gasteiger partial charge in [-0.15, -0.1) is 0 Å². The van der Waals surface area contributed by atoms with Crippen molar-refractivity contribution in [2.45, 2.75) is 20.3 Å². The molecule has 0 bridgehead atoms. The predicted octanol–water partition coefficient (Wildman–Crippen LogP) is 3.21. The molecular formula is C13H20ClNO2S. The molecule has 5 heteroatoms. The van der Waals surface area contributed by atoms with Gasteiger partial charge in [0.2, 0.25) is 0 Å². The fraction of sp³-hybridized carbons (Fsp3) is 0.538. The molecule has 0 spiro atoms. The molecule has 1 N–H and O–H groups in total. The summed E-state index contributed by atoms with van der Waals surface area (Å²) in [7, 11) is -2.95. The zero-order valence-corrected chi connectivity index (χ0v) is 12.4. The van der Waals surface area contributed by atoms with E-state index in [1.54, 1.807) is 12.1 Å². The molecule has 0 heterocycles. The Morgan fingerprint density at radius 1 is 1.28 bits per heavy atom. The van der Waals surface area contributed by atoms with Crippen molar-refractivity contribution < 1.29 is 8.42 Å². The minimum atomic E-state index is -2.95. The van der Waals surface area contributed by atoms with Gasteiger partial charge in [0.05, 0.1) is 11.5 Å². The Kier molecular flexibility index (Phi) is 5.96. The van der Waals surface area contributed by atoms with Crippen LogP contribution >= 0.6 is 11.6 Å². The molecule has 0 saturated heterocycles. The zero-order valence-electron chi connectivity index (χ0n) is 10.8. The summed E-state index contributed by atoms with van der Waals surface area (Å²) in [6.45, 7) is 4.47. The minimum absolute atomic E-state index is 0.159. The molecule has 0 aliphatic heterocycles. The van der Waals surface area contributed by atoms with Crippen molar-refractivity contribution >= 4 is 27.1 Å².